The molecule has 2 unspecified atom stereocenters. The summed E-state index contributed by atoms with van der Waals surface area (Å²) in [5, 5.41) is 31.0. The molecule has 4 saturated carbocycles. The molecule has 4 fully saturated rings. The summed E-state index contributed by atoms with van der Waals surface area (Å²) >= 11 is 0. The SMILES string of the molecule is COC[C@H](O)[C@H](O)[C@H](O)CC[C@@H](C)[C@H]1CC[C@@]2(C)C1CC[C@]1(C)C2CC[C@@H]2[C@@]3(C)CCCC(C)(C)[C@@H]3C=C[C@]21C. The van der Waals surface area contributed by atoms with E-state index in [9.17, 15) is 15.3 Å². The van der Waals surface area contributed by atoms with Crippen molar-refractivity contribution in [3.63, 3.8) is 0 Å². The van der Waals surface area contributed by atoms with Crippen molar-refractivity contribution >= 4 is 0 Å². The lowest BCUT2D eigenvalue weighted by molar-refractivity contribution is -0.198. The third-order valence-electron chi connectivity index (χ3n) is 14.9. The Hall–Kier alpha value is -0.420. The number of rotatable bonds is 8. The van der Waals surface area contributed by atoms with Crippen molar-refractivity contribution < 1.29 is 20.1 Å². The molecule has 13 atom stereocenters. The summed E-state index contributed by atoms with van der Waals surface area (Å²) in [6.45, 7) is 18.2. The van der Waals surface area contributed by atoms with Gasteiger partial charge in [-0.1, -0.05) is 67.0 Å². The molecule has 0 radical (unpaired) electrons. The number of aliphatic hydroxyl groups excluding tert-OH is 3. The van der Waals surface area contributed by atoms with Gasteiger partial charge in [0, 0.05) is 7.11 Å². The van der Waals surface area contributed by atoms with Crippen LogP contribution in [0.25, 0.3) is 0 Å². The van der Waals surface area contributed by atoms with E-state index in [4.69, 9.17) is 4.74 Å². The van der Waals surface area contributed by atoms with Crippen molar-refractivity contribution in [1.29, 1.82) is 0 Å². The number of aliphatic hydroxyl groups is 3. The molecule has 0 bridgehead atoms. The van der Waals surface area contributed by atoms with Gasteiger partial charge < -0.3 is 20.1 Å². The van der Waals surface area contributed by atoms with Gasteiger partial charge >= 0.3 is 0 Å². The number of hydrogen-bond donors (Lipinski definition) is 3. The molecule has 0 amide bonds. The molecule has 0 saturated heterocycles. The van der Waals surface area contributed by atoms with Crippen LogP contribution in [0.3, 0.4) is 0 Å². The fourth-order valence-electron chi connectivity index (χ4n) is 12.7. The fourth-order valence-corrected chi connectivity index (χ4v) is 12.7. The van der Waals surface area contributed by atoms with Gasteiger partial charge in [0.15, 0.2) is 0 Å². The van der Waals surface area contributed by atoms with Gasteiger partial charge in [0.05, 0.1) is 12.7 Å². The average molecular weight is 559 g/mol. The minimum absolute atomic E-state index is 0.0452. The molecule has 4 heteroatoms. The Balaban J connectivity index is 1.33. The van der Waals surface area contributed by atoms with Crippen LogP contribution in [0.1, 0.15) is 119 Å². The minimum atomic E-state index is -1.15. The predicted octanol–water partition coefficient (Wildman–Crippen LogP) is 7.40. The smallest absolute Gasteiger partial charge is 0.108 e. The third-order valence-corrected chi connectivity index (χ3v) is 14.9. The summed E-state index contributed by atoms with van der Waals surface area (Å²) in [5.41, 5.74) is 1.85. The highest BCUT2D eigenvalue weighted by Crippen LogP contribution is 2.76. The van der Waals surface area contributed by atoms with E-state index in [2.05, 4.69) is 60.6 Å². The van der Waals surface area contributed by atoms with Crippen molar-refractivity contribution in [2.75, 3.05) is 13.7 Å². The highest BCUT2D eigenvalue weighted by molar-refractivity contribution is 5.27. The molecule has 0 aromatic heterocycles. The van der Waals surface area contributed by atoms with Gasteiger partial charge in [0.2, 0.25) is 0 Å². The van der Waals surface area contributed by atoms with E-state index in [0.29, 0.717) is 45.8 Å². The molecule has 0 heterocycles. The third kappa shape index (κ3) is 4.51. The molecule has 40 heavy (non-hydrogen) atoms. The first kappa shape index (κ1) is 31.0. The first-order valence-electron chi connectivity index (χ1n) is 16.9. The average Bonchev–Trinajstić information content (AvgIpc) is 3.23. The lowest BCUT2D eigenvalue weighted by Gasteiger charge is -2.71. The molecule has 5 aliphatic carbocycles. The maximum absolute atomic E-state index is 10.6. The van der Waals surface area contributed by atoms with E-state index >= 15 is 0 Å². The number of allylic oxidation sites excluding steroid dienone is 2. The van der Waals surface area contributed by atoms with Crippen molar-refractivity contribution in [3.05, 3.63) is 12.2 Å². The second-order valence-electron chi connectivity index (χ2n) is 17.1. The lowest BCUT2D eigenvalue weighted by atomic mass is 9.33. The van der Waals surface area contributed by atoms with Gasteiger partial charge in [-0.3, -0.25) is 0 Å². The molecular formula is C36H62O4. The summed E-state index contributed by atoms with van der Waals surface area (Å²) in [4.78, 5) is 0. The highest BCUT2D eigenvalue weighted by Gasteiger charge is 2.69. The van der Waals surface area contributed by atoms with Gasteiger partial charge in [-0.2, -0.15) is 0 Å². The van der Waals surface area contributed by atoms with E-state index in [1.807, 2.05) is 0 Å². The minimum Gasteiger partial charge on any atom is -0.390 e. The molecule has 3 N–H and O–H groups in total. The Labute approximate surface area is 245 Å². The van der Waals surface area contributed by atoms with Gasteiger partial charge in [-0.15, -0.1) is 0 Å². The first-order chi connectivity index (χ1) is 18.7. The van der Waals surface area contributed by atoms with Gasteiger partial charge in [0.1, 0.15) is 12.2 Å². The first-order valence-corrected chi connectivity index (χ1v) is 16.9. The van der Waals surface area contributed by atoms with Gasteiger partial charge in [0.25, 0.3) is 0 Å². The molecule has 5 aliphatic rings. The maximum atomic E-state index is 10.6. The molecule has 5 rings (SSSR count). The van der Waals surface area contributed by atoms with Crippen LogP contribution in [0.5, 0.6) is 0 Å². The molecule has 0 aromatic rings. The van der Waals surface area contributed by atoms with Crippen LogP contribution in [0.2, 0.25) is 0 Å². The number of hydrogen-bond acceptors (Lipinski definition) is 4. The molecule has 0 spiro atoms. The zero-order valence-electron chi connectivity index (χ0n) is 27.1. The monoisotopic (exact) mass is 558 g/mol. The quantitative estimate of drug-likeness (QED) is 0.272. The van der Waals surface area contributed by atoms with Crippen LogP contribution in [0.15, 0.2) is 12.2 Å². The van der Waals surface area contributed by atoms with E-state index in [1.54, 1.807) is 0 Å². The molecule has 4 nitrogen and oxygen atoms in total. The van der Waals surface area contributed by atoms with Crippen LogP contribution >= 0.6 is 0 Å². The Morgan fingerprint density at radius 3 is 2.20 bits per heavy atom. The maximum Gasteiger partial charge on any atom is 0.108 e. The van der Waals surface area contributed by atoms with Crippen LogP contribution in [-0.4, -0.2) is 47.3 Å². The zero-order valence-corrected chi connectivity index (χ0v) is 27.1. The van der Waals surface area contributed by atoms with Gasteiger partial charge in [-0.05, 0) is 127 Å². The zero-order chi connectivity index (χ0) is 29.3. The fraction of sp³-hybridized carbons (Fsp3) is 0.944. The Kier molecular flexibility index (Phi) is 8.25. The van der Waals surface area contributed by atoms with Crippen LogP contribution in [0, 0.1) is 62.6 Å². The number of ether oxygens (including phenoxy) is 1. The topological polar surface area (TPSA) is 69.9 Å². The van der Waals surface area contributed by atoms with Crippen LogP contribution in [-0.2, 0) is 4.74 Å². The number of methoxy groups -OCH3 is 1. The lowest BCUT2D eigenvalue weighted by Crippen LogP contribution is -2.64. The molecule has 0 aliphatic heterocycles. The normalized spacial score (nSPS) is 48.7. The summed E-state index contributed by atoms with van der Waals surface area (Å²) < 4.78 is 4.96. The van der Waals surface area contributed by atoms with Crippen molar-refractivity contribution in [3.8, 4) is 0 Å². The van der Waals surface area contributed by atoms with Crippen molar-refractivity contribution in [2.24, 2.45) is 62.6 Å². The Bertz CT molecular complexity index is 945. The molecule has 0 aromatic carbocycles. The summed E-state index contributed by atoms with van der Waals surface area (Å²) in [7, 11) is 1.50. The van der Waals surface area contributed by atoms with Crippen LogP contribution in [0.4, 0.5) is 0 Å². The van der Waals surface area contributed by atoms with E-state index in [0.717, 1.165) is 24.2 Å². The van der Waals surface area contributed by atoms with Crippen molar-refractivity contribution in [2.45, 2.75) is 137 Å². The molecule has 230 valence electrons. The summed E-state index contributed by atoms with van der Waals surface area (Å²) in [6.07, 6.45) is 16.0. The highest BCUT2D eigenvalue weighted by atomic mass is 16.5. The number of fused-ring (bicyclic) bond motifs is 7. The van der Waals surface area contributed by atoms with Crippen molar-refractivity contribution in [1.82, 2.24) is 0 Å². The summed E-state index contributed by atoms with van der Waals surface area (Å²) in [5.74, 6) is 4.23. The largest absolute Gasteiger partial charge is 0.390 e. The predicted molar refractivity (Wildman–Crippen MR) is 163 cm³/mol. The Morgan fingerprint density at radius 2 is 1.50 bits per heavy atom. The second kappa shape index (κ2) is 10.6. The molecular weight excluding hydrogens is 496 g/mol. The summed E-state index contributed by atoms with van der Waals surface area (Å²) in [6, 6.07) is 0. The van der Waals surface area contributed by atoms with E-state index in [1.165, 1.54) is 64.9 Å². The van der Waals surface area contributed by atoms with Crippen LogP contribution < -0.4 is 0 Å². The van der Waals surface area contributed by atoms with Gasteiger partial charge in [-0.25, -0.2) is 0 Å². The van der Waals surface area contributed by atoms with E-state index in [-0.39, 0.29) is 12.0 Å². The second-order valence-corrected chi connectivity index (χ2v) is 17.1. The van der Waals surface area contributed by atoms with E-state index < -0.39 is 18.3 Å². The Morgan fingerprint density at radius 1 is 0.800 bits per heavy atom. The standard InChI is InChI=1S/C36H62O4/c1-23(10-11-26(37)31(39)27(38)22-40-8)24-14-19-33(4)25(24)15-20-35(6)29(33)12-13-30-34(5)18-9-17-32(2,3)28(34)16-21-36(30,35)7/h16,21,23-31,37-39H,9-15,17-20,22H2,1-8H3/t23-,24-,25?,26-,27+,28+,29?,30-,31-,33+,34+,35-,36-/m1/s1.